The highest BCUT2D eigenvalue weighted by atomic mass is 16.4. The molecule has 0 saturated heterocycles. The number of hydrogen-bond acceptors (Lipinski definition) is 5. The molecule has 0 aromatic carbocycles. The van der Waals surface area contributed by atoms with Crippen molar-refractivity contribution in [2.75, 3.05) is 0 Å². The average molecular weight is 190 g/mol. The van der Waals surface area contributed by atoms with Gasteiger partial charge in [0.25, 0.3) is 0 Å². The second-order valence-corrected chi connectivity index (χ2v) is 3.04. The Morgan fingerprint density at radius 2 is 1.69 bits per heavy atom. The summed E-state index contributed by atoms with van der Waals surface area (Å²) in [7, 11) is 0. The molecule has 0 amide bonds. The summed E-state index contributed by atoms with van der Waals surface area (Å²) in [5, 5.41) is 17.4. The van der Waals surface area contributed by atoms with Gasteiger partial charge in [0.15, 0.2) is 11.4 Å². The largest absolute Gasteiger partial charge is 0.479 e. The average Bonchev–Trinajstić information content (AvgIpc) is 2.01. The van der Waals surface area contributed by atoms with Gasteiger partial charge in [0.05, 0.1) is 5.92 Å². The Labute approximate surface area is 75.5 Å². The van der Waals surface area contributed by atoms with Gasteiger partial charge in [0, 0.05) is 0 Å². The Morgan fingerprint density at radius 1 is 1.31 bits per heavy atom. The zero-order chi connectivity index (χ0) is 10.8. The van der Waals surface area contributed by atoms with E-state index < -0.39 is 29.4 Å². The monoisotopic (exact) mass is 190 g/mol. The molecule has 6 nitrogen and oxygen atoms in total. The van der Waals surface area contributed by atoms with Crippen molar-refractivity contribution in [3.05, 3.63) is 0 Å². The van der Waals surface area contributed by atoms with E-state index in [1.807, 2.05) is 0 Å². The number of ketones is 1. The molecule has 76 valence electrons. The number of nitrogens with two attached hydrogens (primary N) is 2. The van der Waals surface area contributed by atoms with Crippen LogP contribution in [0.1, 0.15) is 13.8 Å². The van der Waals surface area contributed by atoms with Crippen LogP contribution in [0.25, 0.3) is 0 Å². The van der Waals surface area contributed by atoms with E-state index in [4.69, 9.17) is 21.7 Å². The zero-order valence-electron chi connectivity index (χ0n) is 7.52. The first kappa shape index (κ1) is 12.0. The Morgan fingerprint density at radius 3 is 1.92 bits per heavy atom. The van der Waals surface area contributed by atoms with E-state index in [-0.39, 0.29) is 0 Å². The van der Waals surface area contributed by atoms with Crippen LogP contribution in [0, 0.1) is 5.92 Å². The van der Waals surface area contributed by atoms with Gasteiger partial charge in [-0.1, -0.05) is 6.92 Å². The minimum absolute atomic E-state index is 0.688. The molecule has 0 heterocycles. The molecule has 0 aliphatic rings. The molecule has 2 atom stereocenters. The van der Waals surface area contributed by atoms with E-state index in [1.165, 1.54) is 13.8 Å². The first-order valence-electron chi connectivity index (χ1n) is 3.74. The number of carboxylic acids is 1. The summed E-state index contributed by atoms with van der Waals surface area (Å²) in [6.07, 6.45) is -1.26. The van der Waals surface area contributed by atoms with Crippen LogP contribution < -0.4 is 11.5 Å². The van der Waals surface area contributed by atoms with Crippen molar-refractivity contribution in [2.24, 2.45) is 17.4 Å². The first-order chi connectivity index (χ1) is 5.71. The summed E-state index contributed by atoms with van der Waals surface area (Å²) >= 11 is 0. The third-order valence-corrected chi connectivity index (χ3v) is 1.93. The van der Waals surface area contributed by atoms with E-state index in [0.29, 0.717) is 0 Å². The fourth-order valence-electron chi connectivity index (χ4n) is 0.782. The van der Waals surface area contributed by atoms with Gasteiger partial charge in [-0.05, 0) is 6.92 Å². The summed E-state index contributed by atoms with van der Waals surface area (Å²) in [6, 6.07) is 0. The van der Waals surface area contributed by atoms with Crippen molar-refractivity contribution in [1.29, 1.82) is 0 Å². The van der Waals surface area contributed by atoms with E-state index in [0.717, 1.165) is 0 Å². The van der Waals surface area contributed by atoms with Gasteiger partial charge in [0.1, 0.15) is 6.10 Å². The van der Waals surface area contributed by atoms with Crippen LogP contribution in [0.4, 0.5) is 0 Å². The molecular weight excluding hydrogens is 176 g/mol. The number of aliphatic hydroxyl groups is 1. The van der Waals surface area contributed by atoms with Crippen molar-refractivity contribution in [3.8, 4) is 0 Å². The lowest BCUT2D eigenvalue weighted by Crippen LogP contribution is -2.63. The van der Waals surface area contributed by atoms with Crippen LogP contribution in [0.3, 0.4) is 0 Å². The van der Waals surface area contributed by atoms with Crippen LogP contribution in [0.5, 0.6) is 0 Å². The molecule has 2 unspecified atom stereocenters. The van der Waals surface area contributed by atoms with Crippen LogP contribution in [0.2, 0.25) is 0 Å². The van der Waals surface area contributed by atoms with Crippen LogP contribution in [0.15, 0.2) is 0 Å². The van der Waals surface area contributed by atoms with Crippen molar-refractivity contribution in [3.63, 3.8) is 0 Å². The van der Waals surface area contributed by atoms with Gasteiger partial charge >= 0.3 is 5.97 Å². The lowest BCUT2D eigenvalue weighted by Gasteiger charge is -2.26. The second kappa shape index (κ2) is 3.82. The fraction of sp³-hybridized carbons (Fsp3) is 0.714. The number of carbonyl (C=O) groups is 2. The molecule has 0 aliphatic heterocycles. The molecule has 0 spiro atoms. The van der Waals surface area contributed by atoms with E-state index in [1.54, 1.807) is 0 Å². The Balaban J connectivity index is 4.68. The molecule has 0 fully saturated rings. The molecule has 0 rings (SSSR count). The number of rotatable bonds is 4. The van der Waals surface area contributed by atoms with Crippen molar-refractivity contribution >= 4 is 11.8 Å². The van der Waals surface area contributed by atoms with Gasteiger partial charge in [-0.15, -0.1) is 0 Å². The van der Waals surface area contributed by atoms with Gasteiger partial charge in [-0.3, -0.25) is 4.79 Å². The molecular formula is C7H14N2O4. The van der Waals surface area contributed by atoms with E-state index >= 15 is 0 Å². The van der Waals surface area contributed by atoms with E-state index in [2.05, 4.69) is 0 Å². The minimum Gasteiger partial charge on any atom is -0.479 e. The summed E-state index contributed by atoms with van der Waals surface area (Å²) in [5.74, 6) is -3.30. The normalized spacial score (nSPS) is 16.4. The van der Waals surface area contributed by atoms with Crippen molar-refractivity contribution in [1.82, 2.24) is 0 Å². The number of hydrogen-bond donors (Lipinski definition) is 4. The maximum absolute atomic E-state index is 11.1. The Hall–Kier alpha value is -0.980. The topological polar surface area (TPSA) is 127 Å². The molecule has 0 aromatic heterocycles. The maximum Gasteiger partial charge on any atom is 0.339 e. The van der Waals surface area contributed by atoms with Crippen molar-refractivity contribution in [2.45, 2.75) is 25.6 Å². The standard InChI is InChI=1S/C7H14N2O4/c1-3(5(11)4(2)10)7(8,9)6(12)13/h3-4,10H,8-9H2,1-2H3,(H,12,13). The minimum atomic E-state index is -2.13. The molecule has 6 heteroatoms. The number of aliphatic carboxylic acids is 1. The van der Waals surface area contributed by atoms with Gasteiger partial charge < -0.3 is 21.7 Å². The van der Waals surface area contributed by atoms with Crippen LogP contribution in [-0.2, 0) is 9.59 Å². The van der Waals surface area contributed by atoms with Crippen molar-refractivity contribution < 1.29 is 19.8 Å². The predicted octanol–water partition coefficient (Wildman–Crippen LogP) is -1.73. The van der Waals surface area contributed by atoms with Gasteiger partial charge in [-0.25, -0.2) is 4.79 Å². The smallest absolute Gasteiger partial charge is 0.339 e. The predicted molar refractivity (Wildman–Crippen MR) is 44.6 cm³/mol. The number of aliphatic hydroxyl groups excluding tert-OH is 1. The third kappa shape index (κ3) is 2.48. The van der Waals surface area contributed by atoms with Gasteiger partial charge in [-0.2, -0.15) is 0 Å². The maximum atomic E-state index is 11.1. The van der Waals surface area contributed by atoms with Crippen LogP contribution in [-0.4, -0.2) is 33.7 Å². The molecule has 0 radical (unpaired) electrons. The first-order valence-corrected chi connectivity index (χ1v) is 3.74. The molecule has 6 N–H and O–H groups in total. The highest BCUT2D eigenvalue weighted by Crippen LogP contribution is 2.11. The molecule has 0 aliphatic carbocycles. The van der Waals surface area contributed by atoms with Gasteiger partial charge in [0.2, 0.25) is 0 Å². The summed E-state index contributed by atoms with van der Waals surface area (Å²) in [6.45, 7) is 2.50. The lowest BCUT2D eigenvalue weighted by molar-refractivity contribution is -0.149. The summed E-state index contributed by atoms with van der Waals surface area (Å²) in [4.78, 5) is 21.6. The molecule has 13 heavy (non-hydrogen) atoms. The van der Waals surface area contributed by atoms with Crippen LogP contribution >= 0.6 is 0 Å². The zero-order valence-corrected chi connectivity index (χ0v) is 7.52. The number of carbonyl (C=O) groups excluding carboxylic acids is 1. The van der Waals surface area contributed by atoms with E-state index in [9.17, 15) is 9.59 Å². The highest BCUT2D eigenvalue weighted by Gasteiger charge is 2.40. The number of Topliss-reactive ketones (excluding diaryl/α,β-unsaturated/α-hetero) is 1. The Kier molecular flexibility index (Phi) is 3.53. The second-order valence-electron chi connectivity index (χ2n) is 3.04. The summed E-state index contributed by atoms with van der Waals surface area (Å²) in [5.41, 5.74) is 8.25. The number of carboxylic acid groups (broad SMARTS) is 1. The lowest BCUT2D eigenvalue weighted by atomic mass is 9.89. The quantitative estimate of drug-likeness (QED) is 0.390. The molecule has 0 saturated carbocycles. The molecule has 0 aromatic rings. The third-order valence-electron chi connectivity index (χ3n) is 1.93. The summed E-state index contributed by atoms with van der Waals surface area (Å²) < 4.78 is 0. The Bertz CT molecular complexity index is 225. The molecule has 0 bridgehead atoms. The SMILES string of the molecule is CC(O)C(=O)C(C)C(N)(N)C(=O)O. The fourth-order valence-corrected chi connectivity index (χ4v) is 0.782. The highest BCUT2D eigenvalue weighted by molar-refractivity contribution is 5.92.